The number of amides is 1. The molecule has 46 heavy (non-hydrogen) atoms. The highest BCUT2D eigenvalue weighted by Crippen LogP contribution is 2.45. The smallest absolute Gasteiger partial charge is 0.308 e. The quantitative estimate of drug-likeness (QED) is 0.219. The topological polar surface area (TPSA) is 74.3 Å². The molecule has 1 atom stereocenters. The third-order valence-corrected chi connectivity index (χ3v) is 9.36. The van der Waals surface area contributed by atoms with Gasteiger partial charge in [-0.25, -0.2) is 0 Å². The van der Waals surface area contributed by atoms with Gasteiger partial charge in [0.25, 0.3) is 0 Å². The SMILES string of the molecule is CCOC(=O)C1CCC(Oc2ccc(CN(CCC3(c4ccc(OC(C)C)cc4)CCOC(C)(C)C3)C(=O)C(C)(C)C)cc2)CC1. The summed E-state index contributed by atoms with van der Waals surface area (Å²) in [7, 11) is 0. The van der Waals surface area contributed by atoms with Gasteiger partial charge in [-0.2, -0.15) is 0 Å². The lowest BCUT2D eigenvalue weighted by molar-refractivity contribution is -0.149. The van der Waals surface area contributed by atoms with Crippen LogP contribution in [0.4, 0.5) is 0 Å². The van der Waals surface area contributed by atoms with Crippen LogP contribution in [0.3, 0.4) is 0 Å². The Balaban J connectivity index is 1.46. The van der Waals surface area contributed by atoms with Crippen molar-refractivity contribution in [2.24, 2.45) is 11.3 Å². The number of ether oxygens (including phenoxy) is 4. The molecule has 254 valence electrons. The maximum Gasteiger partial charge on any atom is 0.308 e. The van der Waals surface area contributed by atoms with Crippen LogP contribution in [-0.4, -0.2) is 54.3 Å². The van der Waals surface area contributed by atoms with Crippen LogP contribution in [0.15, 0.2) is 48.5 Å². The van der Waals surface area contributed by atoms with Gasteiger partial charge >= 0.3 is 5.97 Å². The number of rotatable bonds is 12. The normalized spacial score (nSPS) is 23.1. The molecule has 1 amide bonds. The van der Waals surface area contributed by atoms with Gasteiger partial charge in [0.15, 0.2) is 0 Å². The summed E-state index contributed by atoms with van der Waals surface area (Å²) in [4.78, 5) is 28.0. The van der Waals surface area contributed by atoms with Crippen LogP contribution in [0, 0.1) is 11.3 Å². The van der Waals surface area contributed by atoms with Crippen molar-refractivity contribution < 1.29 is 28.5 Å². The number of carbonyl (C=O) groups excluding carboxylic acids is 2. The molecule has 2 aromatic rings. The largest absolute Gasteiger partial charge is 0.491 e. The summed E-state index contributed by atoms with van der Waals surface area (Å²) in [6, 6.07) is 16.7. The molecular formula is C39H57NO6. The zero-order chi connectivity index (χ0) is 33.5. The molecule has 1 heterocycles. The molecule has 4 rings (SSSR count). The van der Waals surface area contributed by atoms with Gasteiger partial charge in [-0.15, -0.1) is 0 Å². The van der Waals surface area contributed by atoms with E-state index in [4.69, 9.17) is 18.9 Å². The summed E-state index contributed by atoms with van der Waals surface area (Å²) in [5, 5.41) is 0. The van der Waals surface area contributed by atoms with Gasteiger partial charge in [0, 0.05) is 30.5 Å². The first-order valence-electron chi connectivity index (χ1n) is 17.3. The van der Waals surface area contributed by atoms with Gasteiger partial charge in [0.2, 0.25) is 5.91 Å². The van der Waals surface area contributed by atoms with Gasteiger partial charge in [-0.1, -0.05) is 45.0 Å². The molecule has 0 spiro atoms. The van der Waals surface area contributed by atoms with Gasteiger partial charge in [0.1, 0.15) is 11.5 Å². The molecule has 7 nitrogen and oxygen atoms in total. The molecule has 1 saturated carbocycles. The van der Waals surface area contributed by atoms with E-state index < -0.39 is 5.41 Å². The predicted molar refractivity (Wildman–Crippen MR) is 182 cm³/mol. The van der Waals surface area contributed by atoms with E-state index in [0.717, 1.165) is 62.0 Å². The van der Waals surface area contributed by atoms with E-state index in [1.807, 2.05) is 58.6 Å². The first-order valence-corrected chi connectivity index (χ1v) is 17.3. The first kappa shape index (κ1) is 35.8. The number of hydrogen-bond donors (Lipinski definition) is 0. The van der Waals surface area contributed by atoms with E-state index in [-0.39, 0.29) is 41.0 Å². The Kier molecular flexibility index (Phi) is 11.8. The van der Waals surface area contributed by atoms with Crippen molar-refractivity contribution in [1.29, 1.82) is 0 Å². The Labute approximate surface area is 277 Å². The van der Waals surface area contributed by atoms with Crippen LogP contribution in [-0.2, 0) is 31.0 Å². The lowest BCUT2D eigenvalue weighted by Crippen LogP contribution is -2.47. The van der Waals surface area contributed by atoms with Crippen LogP contribution in [0.5, 0.6) is 11.5 Å². The molecular weight excluding hydrogens is 578 g/mol. The fraction of sp³-hybridized carbons (Fsp3) is 0.641. The van der Waals surface area contributed by atoms with E-state index in [0.29, 0.717) is 26.3 Å². The van der Waals surface area contributed by atoms with E-state index in [1.165, 1.54) is 5.56 Å². The average molecular weight is 636 g/mol. The highest BCUT2D eigenvalue weighted by Gasteiger charge is 2.43. The van der Waals surface area contributed by atoms with Crippen molar-refractivity contribution in [3.05, 3.63) is 59.7 Å². The number of esters is 1. The Morgan fingerprint density at radius 3 is 2.15 bits per heavy atom. The lowest BCUT2D eigenvalue weighted by Gasteiger charge is -2.46. The summed E-state index contributed by atoms with van der Waals surface area (Å²) in [6.07, 6.45) is 6.15. The highest BCUT2D eigenvalue weighted by molar-refractivity contribution is 5.81. The summed E-state index contributed by atoms with van der Waals surface area (Å²) in [5.74, 6) is 1.75. The van der Waals surface area contributed by atoms with Crippen molar-refractivity contribution in [2.45, 2.75) is 130 Å². The van der Waals surface area contributed by atoms with Crippen molar-refractivity contribution >= 4 is 11.9 Å². The number of carbonyl (C=O) groups is 2. The van der Waals surface area contributed by atoms with E-state index in [1.54, 1.807) is 0 Å². The standard InChI is InChI=1S/C39H57NO6/c1-9-43-35(41)30-12-18-34(19-13-30)46-33-16-10-29(11-17-33)26-40(36(42)37(4,5)6)24-22-39(23-25-44-38(7,8)27-39)31-14-20-32(21-15-31)45-28(2)3/h10-11,14-17,20-21,28,30,34H,9,12-13,18-19,22-27H2,1-8H3. The van der Waals surface area contributed by atoms with Crippen molar-refractivity contribution in [3.63, 3.8) is 0 Å². The second kappa shape index (κ2) is 15.2. The van der Waals surface area contributed by atoms with Crippen molar-refractivity contribution in [2.75, 3.05) is 19.8 Å². The maximum absolute atomic E-state index is 13.8. The minimum absolute atomic E-state index is 0.0156. The van der Waals surface area contributed by atoms with Crippen LogP contribution in [0.25, 0.3) is 0 Å². The third-order valence-electron chi connectivity index (χ3n) is 9.36. The zero-order valence-corrected chi connectivity index (χ0v) is 29.5. The molecule has 2 aromatic carbocycles. The summed E-state index contributed by atoms with van der Waals surface area (Å²) in [6.45, 7) is 18.6. The Hall–Kier alpha value is -3.06. The van der Waals surface area contributed by atoms with Crippen LogP contribution >= 0.6 is 0 Å². The fourth-order valence-electron chi connectivity index (χ4n) is 7.08. The minimum Gasteiger partial charge on any atom is -0.491 e. The first-order chi connectivity index (χ1) is 21.7. The summed E-state index contributed by atoms with van der Waals surface area (Å²) >= 11 is 0. The van der Waals surface area contributed by atoms with Gasteiger partial charge in [0.05, 0.1) is 30.3 Å². The second-order valence-electron chi connectivity index (χ2n) is 15.2. The maximum atomic E-state index is 13.8. The fourth-order valence-corrected chi connectivity index (χ4v) is 7.08. The molecule has 1 aliphatic heterocycles. The van der Waals surface area contributed by atoms with Crippen molar-refractivity contribution in [3.8, 4) is 11.5 Å². The van der Waals surface area contributed by atoms with Crippen LogP contribution < -0.4 is 9.47 Å². The molecule has 1 saturated heterocycles. The minimum atomic E-state index is -0.497. The molecule has 0 bridgehead atoms. The Bertz CT molecular complexity index is 1270. The third kappa shape index (κ3) is 9.73. The van der Waals surface area contributed by atoms with Gasteiger partial charge < -0.3 is 23.8 Å². The number of nitrogens with zero attached hydrogens (tertiary/aromatic N) is 1. The lowest BCUT2D eigenvalue weighted by atomic mass is 9.67. The van der Waals surface area contributed by atoms with Crippen LogP contribution in [0.1, 0.15) is 111 Å². The molecule has 0 N–H and O–H groups in total. The molecule has 2 aliphatic rings. The van der Waals surface area contributed by atoms with Gasteiger partial charge in [-0.05, 0) is 115 Å². The van der Waals surface area contributed by atoms with E-state index >= 15 is 0 Å². The monoisotopic (exact) mass is 635 g/mol. The summed E-state index contributed by atoms with van der Waals surface area (Å²) in [5.41, 5.74) is 1.49. The molecule has 7 heteroatoms. The van der Waals surface area contributed by atoms with Crippen LogP contribution in [0.2, 0.25) is 0 Å². The molecule has 1 aliphatic carbocycles. The van der Waals surface area contributed by atoms with Crippen molar-refractivity contribution in [1.82, 2.24) is 4.90 Å². The average Bonchev–Trinajstić information content (AvgIpc) is 2.99. The molecule has 0 aromatic heterocycles. The summed E-state index contributed by atoms with van der Waals surface area (Å²) < 4.78 is 23.6. The number of benzene rings is 2. The molecule has 2 fully saturated rings. The van der Waals surface area contributed by atoms with Gasteiger partial charge in [-0.3, -0.25) is 9.59 Å². The second-order valence-corrected chi connectivity index (χ2v) is 15.2. The highest BCUT2D eigenvalue weighted by atomic mass is 16.5. The van der Waals surface area contributed by atoms with E-state index in [9.17, 15) is 9.59 Å². The predicted octanol–water partition coefficient (Wildman–Crippen LogP) is 8.27. The Morgan fingerprint density at radius 2 is 1.59 bits per heavy atom. The zero-order valence-electron chi connectivity index (χ0n) is 29.5. The molecule has 0 radical (unpaired) electrons. The Morgan fingerprint density at radius 1 is 0.957 bits per heavy atom. The van der Waals surface area contributed by atoms with E-state index in [2.05, 4.69) is 50.2 Å². The number of hydrogen-bond acceptors (Lipinski definition) is 6. The molecule has 1 unspecified atom stereocenters.